The second-order valence-electron chi connectivity index (χ2n) is 26.7. The first-order chi connectivity index (χ1) is 49.5. The lowest BCUT2D eigenvalue weighted by atomic mass is 9.94. The van der Waals surface area contributed by atoms with Gasteiger partial charge in [0.1, 0.15) is 11.2 Å². The average molecular weight is 1320 g/mol. The maximum atomic E-state index is 6.54. The van der Waals surface area contributed by atoms with Gasteiger partial charge in [-0.25, -0.2) is 9.97 Å². The van der Waals surface area contributed by atoms with Crippen molar-refractivity contribution >= 4 is 193 Å². The lowest BCUT2D eigenvalue weighted by molar-refractivity contribution is 0.670. The van der Waals surface area contributed by atoms with Gasteiger partial charge in [-0.3, -0.25) is 8.80 Å². The van der Waals surface area contributed by atoms with Gasteiger partial charge < -0.3 is 4.42 Å². The van der Waals surface area contributed by atoms with E-state index in [0.717, 1.165) is 99.9 Å². The number of nitrogens with zero attached hydrogens (tertiary/aromatic N) is 4. The van der Waals surface area contributed by atoms with Crippen molar-refractivity contribution in [3.63, 3.8) is 0 Å². The number of rotatable bonds is 6. The van der Waals surface area contributed by atoms with Crippen molar-refractivity contribution in [3.05, 3.63) is 303 Å². The molecule has 23 aromatic rings. The van der Waals surface area contributed by atoms with Gasteiger partial charge in [0.05, 0.1) is 42.9 Å². The molecule has 23 rings (SSSR count). The first kappa shape index (κ1) is 54.8. The van der Waals surface area contributed by atoms with E-state index in [0.29, 0.717) is 0 Å². The Morgan fingerprint density at radius 2 is 0.750 bits per heavy atom. The van der Waals surface area contributed by atoms with E-state index < -0.39 is 0 Å². The second-order valence-corrected chi connectivity index (χ2v) is 29.9. The van der Waals surface area contributed by atoms with Gasteiger partial charge in [-0.05, 0) is 172 Å². The van der Waals surface area contributed by atoms with Crippen LogP contribution in [0.4, 0.5) is 0 Å². The Hall–Kier alpha value is -12.3. The summed E-state index contributed by atoms with van der Waals surface area (Å²) in [5, 5.41) is 19.5. The van der Waals surface area contributed by atoms with Crippen LogP contribution in [0.3, 0.4) is 0 Å². The summed E-state index contributed by atoms with van der Waals surface area (Å²) >= 11 is 5.54. The van der Waals surface area contributed by atoms with Crippen molar-refractivity contribution in [3.8, 4) is 67.0 Å². The van der Waals surface area contributed by atoms with Crippen LogP contribution in [0.2, 0.25) is 0 Å². The first-order valence-corrected chi connectivity index (χ1v) is 36.3. The minimum Gasteiger partial charge on any atom is -0.455 e. The molecule has 0 spiro atoms. The number of hydrogen-bond donors (Lipinski definition) is 0. The van der Waals surface area contributed by atoms with Gasteiger partial charge in [0, 0.05) is 67.5 Å². The third-order valence-electron chi connectivity index (χ3n) is 21.3. The Bertz CT molecular complexity index is 7510. The van der Waals surface area contributed by atoms with E-state index in [9.17, 15) is 0 Å². The fourth-order valence-corrected chi connectivity index (χ4v) is 19.9. The Morgan fingerprint density at radius 1 is 0.260 bits per heavy atom. The van der Waals surface area contributed by atoms with E-state index >= 15 is 0 Å². The molecule has 100 heavy (non-hydrogen) atoms. The van der Waals surface area contributed by atoms with Crippen LogP contribution in [-0.2, 0) is 0 Å². The van der Waals surface area contributed by atoms with Crippen LogP contribution < -0.4 is 0 Å². The van der Waals surface area contributed by atoms with Crippen molar-refractivity contribution in [2.24, 2.45) is 0 Å². The van der Waals surface area contributed by atoms with E-state index in [1.54, 1.807) is 0 Å². The summed E-state index contributed by atoms with van der Waals surface area (Å²) < 4.78 is 18.9. The SMILES string of the molecule is c1ccc2cc3c(cc2c1)nc1c2sc4ccc5cc(-c6cccc7cc8c(cc67)nc6c7sc9ccc%10ccccc%10c9c7cc(-c7ccc(-c9ccc(-c%10ccc%11sc%12ccccc%12c%11c%10)cc9)cc7)n86)ccc5c4c2cc(-c2ccc(-c4cccc5c4oc4ccccc45)cc2)n31. The van der Waals surface area contributed by atoms with Gasteiger partial charge in [0.15, 0.2) is 11.3 Å². The third-order valence-corrected chi connectivity index (χ3v) is 24.8. The van der Waals surface area contributed by atoms with Crippen LogP contribution in [0.25, 0.3) is 226 Å². The van der Waals surface area contributed by atoms with Crippen molar-refractivity contribution in [2.45, 2.75) is 0 Å². The normalized spacial score (nSPS) is 12.4. The van der Waals surface area contributed by atoms with E-state index in [1.807, 2.05) is 40.1 Å². The molecule has 462 valence electrons. The number of fused-ring (bicyclic) bond motifs is 26. The molecule has 0 radical (unpaired) electrons. The van der Waals surface area contributed by atoms with Crippen LogP contribution in [0, 0.1) is 0 Å². The van der Waals surface area contributed by atoms with Gasteiger partial charge in [-0.15, -0.1) is 34.0 Å². The van der Waals surface area contributed by atoms with Crippen molar-refractivity contribution < 1.29 is 4.42 Å². The minimum atomic E-state index is 0.898. The molecule has 8 heteroatoms. The van der Waals surface area contributed by atoms with E-state index in [-0.39, 0.29) is 0 Å². The number of pyridine rings is 2. The zero-order valence-electron chi connectivity index (χ0n) is 53.3. The number of benzene rings is 15. The zero-order valence-corrected chi connectivity index (χ0v) is 55.7. The highest BCUT2D eigenvalue weighted by molar-refractivity contribution is 7.27. The monoisotopic (exact) mass is 1320 g/mol. The molecule has 0 unspecified atom stereocenters. The molecule has 5 nitrogen and oxygen atoms in total. The lowest BCUT2D eigenvalue weighted by Gasteiger charge is -2.12. The fraction of sp³-hybridized carbons (Fsp3) is 0. The van der Waals surface area contributed by atoms with Crippen LogP contribution in [0.5, 0.6) is 0 Å². The smallest absolute Gasteiger partial charge is 0.156 e. The molecule has 8 aromatic heterocycles. The number of aromatic nitrogens is 4. The minimum absolute atomic E-state index is 0.898. The summed E-state index contributed by atoms with van der Waals surface area (Å²) in [7, 11) is 0. The molecule has 0 atom stereocenters. The summed E-state index contributed by atoms with van der Waals surface area (Å²) in [5.74, 6) is 0. The van der Waals surface area contributed by atoms with Gasteiger partial charge in [-0.1, -0.05) is 224 Å². The summed E-state index contributed by atoms with van der Waals surface area (Å²) in [4.78, 5) is 11.2. The summed E-state index contributed by atoms with van der Waals surface area (Å²) in [6.45, 7) is 0. The van der Waals surface area contributed by atoms with Crippen LogP contribution in [0.15, 0.2) is 308 Å². The highest BCUT2D eigenvalue weighted by atomic mass is 32.1. The number of furan rings is 1. The zero-order chi connectivity index (χ0) is 65.0. The molecular formula is C92H50N4OS3. The Morgan fingerprint density at radius 3 is 1.47 bits per heavy atom. The third kappa shape index (κ3) is 7.97. The number of para-hydroxylation sites is 2. The van der Waals surface area contributed by atoms with Crippen molar-refractivity contribution in [1.82, 2.24) is 18.8 Å². The van der Waals surface area contributed by atoms with E-state index in [2.05, 4.69) is 306 Å². The van der Waals surface area contributed by atoms with Crippen molar-refractivity contribution in [1.29, 1.82) is 0 Å². The van der Waals surface area contributed by atoms with E-state index in [1.165, 1.54) is 126 Å². The highest BCUT2D eigenvalue weighted by Crippen LogP contribution is 2.48. The van der Waals surface area contributed by atoms with Crippen LogP contribution in [-0.4, -0.2) is 18.8 Å². The molecule has 0 aliphatic heterocycles. The molecular weight excluding hydrogens is 1270 g/mol. The molecule has 0 fully saturated rings. The molecule has 0 saturated heterocycles. The average Bonchev–Trinajstić information content (AvgIpc) is 1.55. The molecule has 0 aliphatic carbocycles. The number of thiophene rings is 3. The molecule has 0 amide bonds. The number of imidazole rings is 2. The predicted octanol–water partition coefficient (Wildman–Crippen LogP) is 26.9. The van der Waals surface area contributed by atoms with Crippen LogP contribution in [0.1, 0.15) is 0 Å². The Kier molecular flexibility index (Phi) is 11.3. The molecule has 8 heterocycles. The molecule has 0 saturated carbocycles. The van der Waals surface area contributed by atoms with Gasteiger partial charge in [0.25, 0.3) is 0 Å². The van der Waals surface area contributed by atoms with Crippen LogP contribution >= 0.6 is 34.0 Å². The van der Waals surface area contributed by atoms with Gasteiger partial charge >= 0.3 is 0 Å². The Balaban J connectivity index is 0.653. The summed E-state index contributed by atoms with van der Waals surface area (Å²) in [5.41, 5.74) is 21.6. The molecule has 0 N–H and O–H groups in total. The van der Waals surface area contributed by atoms with Crippen molar-refractivity contribution in [2.75, 3.05) is 0 Å². The highest BCUT2D eigenvalue weighted by Gasteiger charge is 2.24. The maximum Gasteiger partial charge on any atom is 0.156 e. The Labute approximate surface area is 582 Å². The first-order valence-electron chi connectivity index (χ1n) is 33.9. The maximum absolute atomic E-state index is 6.54. The second kappa shape index (κ2) is 20.6. The van der Waals surface area contributed by atoms with Gasteiger partial charge in [-0.2, -0.15) is 0 Å². The topological polar surface area (TPSA) is 47.7 Å². The quantitative estimate of drug-likeness (QED) is 0.167. The largest absolute Gasteiger partial charge is 0.455 e. The lowest BCUT2D eigenvalue weighted by Crippen LogP contribution is -1.93. The standard InChI is InChI=1S/C92H50N4OS3/c1-2-13-59-46-79-75(45-58(59)12-1)93-91-90-74(50-78(95(79)91)57-33-29-55(30-34-57)67-19-10-20-70-68-16-5-7-21-81(68)97-88(67)70)87-66-39-35-62(43-63(66)38-42-85(87)100-90)64-18-9-14-61-47-80-76(48-71(61)64)94-92-89-73(86-65-15-4-3-11-54(65)36-41-84(86)99-89)49-77(96(80)92)56-31-27-52(28-32-56)51-23-25-53(26-24-51)60-37-40-83-72(44-60)69-17-6-8-22-82(69)98-83/h1-50H. The molecule has 0 bridgehead atoms. The molecule has 15 aromatic carbocycles. The summed E-state index contributed by atoms with van der Waals surface area (Å²) in [6, 6.07) is 112. The summed E-state index contributed by atoms with van der Waals surface area (Å²) in [6.07, 6.45) is 0. The fourth-order valence-electron chi connectivity index (χ4n) is 16.5. The number of hydrogen-bond acceptors (Lipinski definition) is 6. The van der Waals surface area contributed by atoms with Gasteiger partial charge in [0.2, 0.25) is 0 Å². The van der Waals surface area contributed by atoms with E-state index in [4.69, 9.17) is 14.4 Å². The molecule has 0 aliphatic rings. The predicted molar refractivity (Wildman–Crippen MR) is 428 cm³/mol.